The summed E-state index contributed by atoms with van der Waals surface area (Å²) in [6, 6.07) is 3.72. The maximum absolute atomic E-state index is 10.2. The summed E-state index contributed by atoms with van der Waals surface area (Å²) in [7, 11) is 0. The van der Waals surface area contributed by atoms with Crippen molar-refractivity contribution in [2.45, 2.75) is 45.6 Å². The molecule has 0 saturated heterocycles. The molecule has 0 spiro atoms. The van der Waals surface area contributed by atoms with Crippen molar-refractivity contribution in [1.82, 2.24) is 0 Å². The Hall–Kier alpha value is -0.760. The molecule has 16 heavy (non-hydrogen) atoms. The third kappa shape index (κ3) is 2.49. The highest BCUT2D eigenvalue weighted by atomic mass is 16.4. The molecule has 1 unspecified atom stereocenters. The van der Waals surface area contributed by atoms with Crippen molar-refractivity contribution in [2.24, 2.45) is 17.8 Å². The van der Waals surface area contributed by atoms with Crippen LogP contribution in [0.2, 0.25) is 0 Å². The summed E-state index contributed by atoms with van der Waals surface area (Å²) in [5.41, 5.74) is 0. The zero-order chi connectivity index (χ0) is 11.5. The van der Waals surface area contributed by atoms with Crippen molar-refractivity contribution >= 4 is 0 Å². The molecule has 1 aliphatic carbocycles. The van der Waals surface area contributed by atoms with E-state index in [0.717, 1.165) is 30.4 Å². The van der Waals surface area contributed by atoms with Gasteiger partial charge in [0.1, 0.15) is 11.9 Å². The molecule has 1 aromatic rings. The quantitative estimate of drug-likeness (QED) is 0.844. The molecule has 0 radical (unpaired) electrons. The van der Waals surface area contributed by atoms with E-state index in [1.807, 2.05) is 12.1 Å². The second-order valence-corrected chi connectivity index (χ2v) is 5.38. The molecule has 1 fully saturated rings. The van der Waals surface area contributed by atoms with E-state index >= 15 is 0 Å². The van der Waals surface area contributed by atoms with Crippen LogP contribution in [0.3, 0.4) is 0 Å². The number of furan rings is 1. The van der Waals surface area contributed by atoms with Gasteiger partial charge in [-0.25, -0.2) is 0 Å². The van der Waals surface area contributed by atoms with Gasteiger partial charge in [0.15, 0.2) is 0 Å². The van der Waals surface area contributed by atoms with Crippen LogP contribution in [0.4, 0.5) is 0 Å². The lowest BCUT2D eigenvalue weighted by molar-refractivity contribution is 0.0503. The Bertz CT molecular complexity index is 295. The van der Waals surface area contributed by atoms with Gasteiger partial charge in [0.05, 0.1) is 6.26 Å². The Labute approximate surface area is 97.7 Å². The molecule has 1 saturated carbocycles. The predicted molar refractivity (Wildman–Crippen MR) is 64.0 cm³/mol. The molecule has 1 heterocycles. The molecule has 0 aromatic carbocycles. The minimum absolute atomic E-state index is 0.390. The van der Waals surface area contributed by atoms with Gasteiger partial charge in [0.2, 0.25) is 0 Å². The average Bonchev–Trinajstić information content (AvgIpc) is 2.81. The lowest BCUT2D eigenvalue weighted by atomic mass is 9.75. The highest BCUT2D eigenvalue weighted by Gasteiger charge is 2.29. The summed E-state index contributed by atoms with van der Waals surface area (Å²) < 4.78 is 5.27. The summed E-state index contributed by atoms with van der Waals surface area (Å²) in [5, 5.41) is 10.2. The summed E-state index contributed by atoms with van der Waals surface area (Å²) in [5.74, 6) is 2.75. The van der Waals surface area contributed by atoms with Gasteiger partial charge in [0.25, 0.3) is 0 Å². The maximum atomic E-state index is 10.2. The Morgan fingerprint density at radius 3 is 2.31 bits per heavy atom. The first kappa shape index (κ1) is 11.7. The van der Waals surface area contributed by atoms with Gasteiger partial charge in [-0.15, -0.1) is 0 Å². The summed E-state index contributed by atoms with van der Waals surface area (Å²) >= 11 is 0. The van der Waals surface area contributed by atoms with E-state index in [1.54, 1.807) is 6.26 Å². The predicted octanol–water partition coefficient (Wildman–Crippen LogP) is 3.78. The highest BCUT2D eigenvalue weighted by molar-refractivity contribution is 5.03. The lowest BCUT2D eigenvalue weighted by Crippen LogP contribution is -2.22. The smallest absolute Gasteiger partial charge is 0.132 e. The normalized spacial score (nSPS) is 28.2. The van der Waals surface area contributed by atoms with Crippen LogP contribution in [0.1, 0.15) is 51.4 Å². The van der Waals surface area contributed by atoms with Gasteiger partial charge in [0, 0.05) is 0 Å². The van der Waals surface area contributed by atoms with Crippen LogP contribution in [0, 0.1) is 17.8 Å². The Morgan fingerprint density at radius 1 is 1.19 bits per heavy atom. The van der Waals surface area contributed by atoms with Crippen LogP contribution in [-0.4, -0.2) is 5.11 Å². The molecule has 2 nitrogen and oxygen atoms in total. The second-order valence-electron chi connectivity index (χ2n) is 5.38. The van der Waals surface area contributed by atoms with Gasteiger partial charge in [-0.05, 0) is 55.6 Å². The van der Waals surface area contributed by atoms with Crippen molar-refractivity contribution in [3.63, 3.8) is 0 Å². The first-order valence-corrected chi connectivity index (χ1v) is 6.40. The van der Waals surface area contributed by atoms with E-state index in [9.17, 15) is 5.11 Å². The third-order valence-electron chi connectivity index (χ3n) is 4.04. The molecular formula is C14H22O2. The third-order valence-corrected chi connectivity index (χ3v) is 4.04. The molecule has 1 atom stereocenters. The fourth-order valence-corrected chi connectivity index (χ4v) is 2.82. The second kappa shape index (κ2) is 5.05. The molecule has 90 valence electrons. The van der Waals surface area contributed by atoms with Gasteiger partial charge in [-0.1, -0.05) is 13.8 Å². The van der Waals surface area contributed by atoms with Crippen LogP contribution < -0.4 is 0 Å². The number of hydrogen-bond donors (Lipinski definition) is 1. The standard InChI is InChI=1S/C14H22O2/c1-10(2)11-5-7-12(8-6-11)14(15)13-4-3-9-16-13/h3-4,9-12,14-15H,5-8H2,1-2H3. The molecule has 2 rings (SSSR count). The van der Waals surface area contributed by atoms with Crippen molar-refractivity contribution < 1.29 is 9.52 Å². The summed E-state index contributed by atoms with van der Waals surface area (Å²) in [6.07, 6.45) is 6.00. The van der Waals surface area contributed by atoms with Crippen molar-refractivity contribution in [3.8, 4) is 0 Å². The van der Waals surface area contributed by atoms with E-state index in [1.165, 1.54) is 12.8 Å². The SMILES string of the molecule is CC(C)C1CCC(C(O)c2ccco2)CC1. The number of aliphatic hydroxyl groups excluding tert-OH is 1. The Morgan fingerprint density at radius 2 is 1.81 bits per heavy atom. The van der Waals surface area contributed by atoms with Crippen LogP contribution in [0.15, 0.2) is 22.8 Å². The van der Waals surface area contributed by atoms with Crippen LogP contribution in [0.5, 0.6) is 0 Å². The highest BCUT2D eigenvalue weighted by Crippen LogP contribution is 2.39. The minimum Gasteiger partial charge on any atom is -0.467 e. The monoisotopic (exact) mass is 222 g/mol. The largest absolute Gasteiger partial charge is 0.467 e. The van der Waals surface area contributed by atoms with Crippen LogP contribution >= 0.6 is 0 Å². The zero-order valence-corrected chi connectivity index (χ0v) is 10.2. The average molecular weight is 222 g/mol. The van der Waals surface area contributed by atoms with E-state index in [0.29, 0.717) is 5.92 Å². The fourth-order valence-electron chi connectivity index (χ4n) is 2.82. The van der Waals surface area contributed by atoms with Crippen LogP contribution in [0.25, 0.3) is 0 Å². The van der Waals surface area contributed by atoms with E-state index in [2.05, 4.69) is 13.8 Å². The molecule has 1 N–H and O–H groups in total. The van der Waals surface area contributed by atoms with Crippen molar-refractivity contribution in [3.05, 3.63) is 24.2 Å². The minimum atomic E-state index is -0.400. The molecule has 0 bridgehead atoms. The van der Waals surface area contributed by atoms with Gasteiger partial charge < -0.3 is 9.52 Å². The zero-order valence-electron chi connectivity index (χ0n) is 10.2. The van der Waals surface area contributed by atoms with Gasteiger partial charge in [-0.2, -0.15) is 0 Å². The summed E-state index contributed by atoms with van der Waals surface area (Å²) in [6.45, 7) is 4.60. The van der Waals surface area contributed by atoms with E-state index in [4.69, 9.17) is 4.42 Å². The molecular weight excluding hydrogens is 200 g/mol. The lowest BCUT2D eigenvalue weighted by Gasteiger charge is -2.32. The Kier molecular flexibility index (Phi) is 3.70. The first-order chi connectivity index (χ1) is 7.68. The summed E-state index contributed by atoms with van der Waals surface area (Å²) in [4.78, 5) is 0. The van der Waals surface area contributed by atoms with E-state index < -0.39 is 6.10 Å². The molecule has 0 aliphatic heterocycles. The van der Waals surface area contributed by atoms with Crippen LogP contribution in [-0.2, 0) is 0 Å². The maximum Gasteiger partial charge on any atom is 0.132 e. The number of rotatable bonds is 3. The molecule has 1 aromatic heterocycles. The molecule has 1 aliphatic rings. The fraction of sp³-hybridized carbons (Fsp3) is 0.714. The molecule has 2 heteroatoms. The first-order valence-electron chi connectivity index (χ1n) is 6.40. The van der Waals surface area contributed by atoms with E-state index in [-0.39, 0.29) is 0 Å². The topological polar surface area (TPSA) is 33.4 Å². The van der Waals surface area contributed by atoms with Crippen molar-refractivity contribution in [1.29, 1.82) is 0 Å². The number of hydrogen-bond acceptors (Lipinski definition) is 2. The van der Waals surface area contributed by atoms with Gasteiger partial charge >= 0.3 is 0 Å². The van der Waals surface area contributed by atoms with Gasteiger partial charge in [-0.3, -0.25) is 0 Å². The van der Waals surface area contributed by atoms with Crippen molar-refractivity contribution in [2.75, 3.05) is 0 Å². The number of aliphatic hydroxyl groups is 1. The molecule has 0 amide bonds. The Balaban J connectivity index is 1.89.